The smallest absolute Gasteiger partial charge is 0.263 e. The summed E-state index contributed by atoms with van der Waals surface area (Å²) in [6, 6.07) is 13.7. The lowest BCUT2D eigenvalue weighted by Gasteiger charge is -2.41. The number of benzene rings is 2. The molecule has 0 spiro atoms. The minimum Gasteiger partial charge on any atom is -0.481 e. The van der Waals surface area contributed by atoms with Crippen LogP contribution in [0.3, 0.4) is 0 Å². The first-order valence-corrected chi connectivity index (χ1v) is 14.7. The maximum atomic E-state index is 13.4. The second-order valence-corrected chi connectivity index (χ2v) is 11.7. The average molecular weight is 571 g/mol. The van der Waals surface area contributed by atoms with E-state index in [1.165, 1.54) is 25.1 Å². The van der Waals surface area contributed by atoms with E-state index in [0.717, 1.165) is 35.8 Å². The van der Waals surface area contributed by atoms with Crippen molar-refractivity contribution in [1.82, 2.24) is 14.9 Å². The summed E-state index contributed by atoms with van der Waals surface area (Å²) < 4.78 is 33.1. The molecule has 12 heteroatoms. The number of ether oxygens (including phenoxy) is 1. The van der Waals surface area contributed by atoms with Crippen LogP contribution in [0.2, 0.25) is 5.02 Å². The lowest BCUT2D eigenvalue weighted by Crippen LogP contribution is -2.55. The van der Waals surface area contributed by atoms with Crippen LogP contribution in [0.4, 0.5) is 17.2 Å². The number of sulfonamides is 1. The summed E-state index contributed by atoms with van der Waals surface area (Å²) in [7, 11) is -2.38. The van der Waals surface area contributed by atoms with E-state index in [-0.39, 0.29) is 28.5 Å². The van der Waals surface area contributed by atoms with Gasteiger partial charge in [-0.3, -0.25) is 9.52 Å². The Bertz CT molecular complexity index is 1440. The number of anilines is 3. The van der Waals surface area contributed by atoms with Gasteiger partial charge in [-0.15, -0.1) is 0 Å². The standard InChI is InChI=1S/C27H31ClN6O4S/c1-19(34-11-3-4-20-16-21(28)5-10-24(20)34)27(35)33-14-12-32(13-15-33)22-6-8-23(9-7-22)39(36,37)31-25-17-26(38-2)30-18-29-25/h5-10,16-19H,3-4,11-15H2,1-2H3,(H,29,30,31)/t19-/m0/s1. The zero-order chi connectivity index (χ0) is 27.6. The summed E-state index contributed by atoms with van der Waals surface area (Å²) in [6.45, 7) is 5.34. The summed E-state index contributed by atoms with van der Waals surface area (Å²) in [5.74, 6) is 0.500. The number of piperazine rings is 1. The van der Waals surface area contributed by atoms with E-state index in [0.29, 0.717) is 26.2 Å². The highest BCUT2D eigenvalue weighted by Crippen LogP contribution is 2.31. The number of halogens is 1. The van der Waals surface area contributed by atoms with Crippen molar-refractivity contribution in [2.24, 2.45) is 0 Å². The number of amides is 1. The van der Waals surface area contributed by atoms with E-state index in [9.17, 15) is 13.2 Å². The van der Waals surface area contributed by atoms with Gasteiger partial charge in [-0.05, 0) is 67.8 Å². The molecule has 0 radical (unpaired) electrons. The normalized spacial score (nSPS) is 16.4. The lowest BCUT2D eigenvalue weighted by molar-refractivity contribution is -0.132. The number of carbonyl (C=O) groups is 1. The monoisotopic (exact) mass is 570 g/mol. The van der Waals surface area contributed by atoms with E-state index in [2.05, 4.69) is 24.5 Å². The molecule has 1 saturated heterocycles. The van der Waals surface area contributed by atoms with Gasteiger partial charge < -0.3 is 19.4 Å². The van der Waals surface area contributed by atoms with Crippen molar-refractivity contribution < 1.29 is 17.9 Å². The molecule has 0 aliphatic carbocycles. The van der Waals surface area contributed by atoms with Crippen molar-refractivity contribution in [2.45, 2.75) is 30.7 Å². The van der Waals surface area contributed by atoms with Crippen LogP contribution in [0, 0.1) is 0 Å². The average Bonchev–Trinajstić information content (AvgIpc) is 2.96. The first kappa shape index (κ1) is 27.0. The van der Waals surface area contributed by atoms with Gasteiger partial charge in [-0.1, -0.05) is 11.6 Å². The van der Waals surface area contributed by atoms with Crippen LogP contribution in [0.5, 0.6) is 5.88 Å². The SMILES string of the molecule is COc1cc(NS(=O)(=O)c2ccc(N3CCN(C(=O)[C@H](C)N4CCCc5cc(Cl)ccc54)CC3)cc2)ncn1. The fraction of sp³-hybridized carbons (Fsp3) is 0.370. The third-order valence-corrected chi connectivity index (χ3v) is 8.82. The number of rotatable bonds is 7. The van der Waals surface area contributed by atoms with Crippen molar-refractivity contribution in [3.63, 3.8) is 0 Å². The number of aromatic nitrogens is 2. The molecule has 1 amide bonds. The van der Waals surface area contributed by atoms with Gasteiger partial charge in [0.25, 0.3) is 10.0 Å². The van der Waals surface area contributed by atoms with E-state index in [1.54, 1.807) is 24.3 Å². The van der Waals surface area contributed by atoms with Gasteiger partial charge in [0.05, 0.1) is 12.0 Å². The molecule has 5 rings (SSSR count). The van der Waals surface area contributed by atoms with Crippen molar-refractivity contribution in [3.8, 4) is 5.88 Å². The fourth-order valence-electron chi connectivity index (χ4n) is 5.12. The summed E-state index contributed by atoms with van der Waals surface area (Å²) in [6.07, 6.45) is 3.19. The third kappa shape index (κ3) is 5.89. The van der Waals surface area contributed by atoms with E-state index in [4.69, 9.17) is 16.3 Å². The van der Waals surface area contributed by atoms with Crippen LogP contribution in [0.15, 0.2) is 59.8 Å². The molecule has 2 aliphatic rings. The Morgan fingerprint density at radius 1 is 1.03 bits per heavy atom. The van der Waals surface area contributed by atoms with Gasteiger partial charge in [0, 0.05) is 55.2 Å². The van der Waals surface area contributed by atoms with Crippen molar-refractivity contribution in [2.75, 3.05) is 54.4 Å². The zero-order valence-electron chi connectivity index (χ0n) is 21.9. The summed E-state index contributed by atoms with van der Waals surface area (Å²) in [4.78, 5) is 27.6. The van der Waals surface area contributed by atoms with Gasteiger partial charge in [-0.25, -0.2) is 18.4 Å². The number of hydrogen-bond acceptors (Lipinski definition) is 8. The van der Waals surface area contributed by atoms with Crippen molar-refractivity contribution in [1.29, 1.82) is 0 Å². The number of hydrogen-bond donors (Lipinski definition) is 1. The largest absolute Gasteiger partial charge is 0.481 e. The quantitative estimate of drug-likeness (QED) is 0.460. The Labute approximate surface area is 233 Å². The number of nitrogens with zero attached hydrogens (tertiary/aromatic N) is 5. The molecular formula is C27H31ClN6O4S. The number of aryl methyl sites for hydroxylation is 1. The first-order chi connectivity index (χ1) is 18.7. The molecular weight excluding hydrogens is 540 g/mol. The van der Waals surface area contributed by atoms with Crippen molar-refractivity contribution >= 4 is 44.7 Å². The van der Waals surface area contributed by atoms with E-state index in [1.807, 2.05) is 30.0 Å². The fourth-order valence-corrected chi connectivity index (χ4v) is 6.31. The molecule has 3 aromatic rings. The molecule has 1 N–H and O–H groups in total. The Balaban J connectivity index is 1.19. The Hall–Kier alpha value is -3.57. The van der Waals surface area contributed by atoms with Gasteiger partial charge in [0.1, 0.15) is 18.2 Å². The predicted octanol–water partition coefficient (Wildman–Crippen LogP) is 3.43. The Morgan fingerprint density at radius 3 is 2.49 bits per heavy atom. The van der Waals surface area contributed by atoms with Crippen LogP contribution < -0.4 is 19.3 Å². The third-order valence-electron chi connectivity index (χ3n) is 7.21. The number of carbonyl (C=O) groups excluding carboxylic acids is 1. The lowest BCUT2D eigenvalue weighted by atomic mass is 10.00. The highest BCUT2D eigenvalue weighted by atomic mass is 35.5. The van der Waals surface area contributed by atoms with E-state index < -0.39 is 10.0 Å². The number of nitrogens with one attached hydrogen (secondary N) is 1. The van der Waals surface area contributed by atoms with Gasteiger partial charge in [0.2, 0.25) is 11.8 Å². The van der Waals surface area contributed by atoms with Crippen LogP contribution in [-0.2, 0) is 21.2 Å². The topological polar surface area (TPSA) is 108 Å². The predicted molar refractivity (Wildman–Crippen MR) is 151 cm³/mol. The summed E-state index contributed by atoms with van der Waals surface area (Å²) >= 11 is 6.19. The summed E-state index contributed by atoms with van der Waals surface area (Å²) in [5, 5.41) is 0.721. The Kier molecular flexibility index (Phi) is 7.81. The van der Waals surface area contributed by atoms with Crippen LogP contribution in [0.1, 0.15) is 18.9 Å². The molecule has 0 saturated carbocycles. The van der Waals surface area contributed by atoms with Gasteiger partial charge >= 0.3 is 0 Å². The molecule has 1 atom stereocenters. The molecule has 2 aliphatic heterocycles. The van der Waals surface area contributed by atoms with Crippen molar-refractivity contribution in [3.05, 3.63) is 65.4 Å². The molecule has 0 bridgehead atoms. The highest BCUT2D eigenvalue weighted by Gasteiger charge is 2.31. The molecule has 1 fully saturated rings. The molecule has 3 heterocycles. The maximum Gasteiger partial charge on any atom is 0.263 e. The molecule has 10 nitrogen and oxygen atoms in total. The van der Waals surface area contributed by atoms with Crippen LogP contribution in [0.25, 0.3) is 0 Å². The molecule has 39 heavy (non-hydrogen) atoms. The number of fused-ring (bicyclic) bond motifs is 1. The van der Waals surface area contributed by atoms with Gasteiger partial charge in [-0.2, -0.15) is 0 Å². The number of methoxy groups -OCH3 is 1. The van der Waals surface area contributed by atoms with E-state index >= 15 is 0 Å². The summed E-state index contributed by atoms with van der Waals surface area (Å²) in [5.41, 5.74) is 3.18. The Morgan fingerprint density at radius 2 is 1.77 bits per heavy atom. The highest BCUT2D eigenvalue weighted by molar-refractivity contribution is 7.92. The zero-order valence-corrected chi connectivity index (χ0v) is 23.5. The van der Waals surface area contributed by atoms with Gasteiger partial charge in [0.15, 0.2) is 0 Å². The molecule has 2 aromatic carbocycles. The second-order valence-electron chi connectivity index (χ2n) is 9.60. The molecule has 206 valence electrons. The maximum absolute atomic E-state index is 13.4. The minimum absolute atomic E-state index is 0.117. The molecule has 0 unspecified atom stereocenters. The minimum atomic E-state index is -3.83. The molecule has 1 aromatic heterocycles. The second kappa shape index (κ2) is 11.3. The first-order valence-electron chi connectivity index (χ1n) is 12.8. The van der Waals surface area contributed by atoms with Crippen LogP contribution in [-0.4, -0.2) is 75.1 Å². The van der Waals surface area contributed by atoms with Crippen LogP contribution >= 0.6 is 11.6 Å².